The second-order valence-corrected chi connectivity index (χ2v) is 4.61. The largest absolute Gasteiger partial charge is 0.327 e. The lowest BCUT2D eigenvalue weighted by Gasteiger charge is -2.31. The summed E-state index contributed by atoms with van der Waals surface area (Å²) in [6.07, 6.45) is 2.60. The average Bonchev–Trinajstić information content (AvgIpc) is 2.34. The van der Waals surface area contributed by atoms with E-state index in [-0.39, 0.29) is 0 Å². The van der Waals surface area contributed by atoms with Crippen LogP contribution >= 0.6 is 0 Å². The molecule has 0 aromatic rings. The van der Waals surface area contributed by atoms with Crippen LogP contribution in [0.15, 0.2) is 12.2 Å². The van der Waals surface area contributed by atoms with E-state index in [0.29, 0.717) is 23.3 Å². The van der Waals surface area contributed by atoms with Crippen LogP contribution in [-0.4, -0.2) is 6.04 Å². The molecule has 0 aliphatic heterocycles. The third-order valence-electron chi connectivity index (χ3n) is 3.92. The number of rotatable bonds is 0. The lowest BCUT2D eigenvalue weighted by Crippen LogP contribution is -2.29. The van der Waals surface area contributed by atoms with Gasteiger partial charge in [0.05, 0.1) is 0 Å². The quantitative estimate of drug-likeness (QED) is 0.526. The fourth-order valence-electron chi connectivity index (χ4n) is 2.99. The molecule has 0 aromatic carbocycles. The molecule has 2 aliphatic carbocycles. The molecule has 1 heteroatoms. The van der Waals surface area contributed by atoms with E-state index < -0.39 is 0 Å². The zero-order chi connectivity index (χ0) is 8.22. The van der Waals surface area contributed by atoms with Gasteiger partial charge in [-0.05, 0) is 30.1 Å². The van der Waals surface area contributed by atoms with E-state index in [0.717, 1.165) is 0 Å². The average molecular weight is 151 g/mol. The molecule has 0 saturated heterocycles. The van der Waals surface area contributed by atoms with Crippen molar-refractivity contribution in [2.24, 2.45) is 23.0 Å². The number of fused-ring (bicyclic) bond motifs is 2. The van der Waals surface area contributed by atoms with E-state index in [1.165, 1.54) is 18.4 Å². The van der Waals surface area contributed by atoms with Gasteiger partial charge >= 0.3 is 0 Å². The van der Waals surface area contributed by atoms with E-state index in [1.54, 1.807) is 0 Å². The van der Waals surface area contributed by atoms with Crippen molar-refractivity contribution in [3.05, 3.63) is 12.2 Å². The molecule has 0 spiro atoms. The molecule has 2 saturated carbocycles. The predicted octanol–water partition coefficient (Wildman–Crippen LogP) is 1.94. The SMILES string of the molecule is C=C1[C@@H]2CC[C@@H](C2N)C1(C)C. The molecule has 1 nitrogen and oxygen atoms in total. The van der Waals surface area contributed by atoms with Crippen molar-refractivity contribution in [1.29, 1.82) is 0 Å². The Balaban J connectivity index is 2.38. The Kier molecular flexibility index (Phi) is 1.26. The van der Waals surface area contributed by atoms with Crippen molar-refractivity contribution in [3.8, 4) is 0 Å². The van der Waals surface area contributed by atoms with Gasteiger partial charge in [0, 0.05) is 6.04 Å². The van der Waals surface area contributed by atoms with Crippen molar-refractivity contribution in [3.63, 3.8) is 0 Å². The molecule has 0 radical (unpaired) electrons. The summed E-state index contributed by atoms with van der Waals surface area (Å²) in [5.74, 6) is 1.34. The molecule has 2 fully saturated rings. The van der Waals surface area contributed by atoms with Crippen LogP contribution in [0.25, 0.3) is 0 Å². The first-order valence-electron chi connectivity index (χ1n) is 4.50. The standard InChI is InChI=1S/C10H17N/c1-6-7-4-5-8(9(7)11)10(6,2)3/h7-9H,1,4-5,11H2,2-3H3/t7-,8-,9?/m0/s1. The third kappa shape index (κ3) is 0.698. The summed E-state index contributed by atoms with van der Waals surface area (Å²) in [6.45, 7) is 8.74. The number of nitrogens with two attached hydrogens (primary N) is 1. The normalized spacial score (nSPS) is 46.8. The third-order valence-corrected chi connectivity index (χ3v) is 3.92. The van der Waals surface area contributed by atoms with Crippen LogP contribution in [0, 0.1) is 17.3 Å². The number of hydrogen-bond donors (Lipinski definition) is 1. The van der Waals surface area contributed by atoms with Gasteiger partial charge in [0.15, 0.2) is 0 Å². The maximum Gasteiger partial charge on any atom is 0.0141 e. The van der Waals surface area contributed by atoms with Gasteiger partial charge in [0.1, 0.15) is 0 Å². The molecule has 3 atom stereocenters. The second-order valence-electron chi connectivity index (χ2n) is 4.61. The molecule has 0 heterocycles. The summed E-state index contributed by atoms with van der Waals surface area (Å²) in [5, 5.41) is 0. The van der Waals surface area contributed by atoms with Crippen LogP contribution in [0.3, 0.4) is 0 Å². The van der Waals surface area contributed by atoms with Gasteiger partial charge in [-0.3, -0.25) is 0 Å². The van der Waals surface area contributed by atoms with Crippen molar-refractivity contribution >= 4 is 0 Å². The minimum Gasteiger partial charge on any atom is -0.327 e. The molecule has 0 amide bonds. The molecule has 11 heavy (non-hydrogen) atoms. The Bertz CT molecular complexity index is 205. The summed E-state index contributed by atoms with van der Waals surface area (Å²) in [6, 6.07) is 0.414. The summed E-state index contributed by atoms with van der Waals surface area (Å²) >= 11 is 0. The zero-order valence-corrected chi connectivity index (χ0v) is 7.43. The van der Waals surface area contributed by atoms with Crippen molar-refractivity contribution in [2.75, 3.05) is 0 Å². The monoisotopic (exact) mass is 151 g/mol. The smallest absolute Gasteiger partial charge is 0.0141 e. The molecular formula is C10H17N. The molecule has 1 unspecified atom stereocenters. The van der Waals surface area contributed by atoms with Gasteiger partial charge in [0.25, 0.3) is 0 Å². The first-order chi connectivity index (χ1) is 5.05. The Hall–Kier alpha value is -0.300. The van der Waals surface area contributed by atoms with Crippen molar-refractivity contribution in [2.45, 2.75) is 32.7 Å². The second kappa shape index (κ2) is 1.89. The number of hydrogen-bond acceptors (Lipinski definition) is 1. The van der Waals surface area contributed by atoms with Gasteiger partial charge in [0.2, 0.25) is 0 Å². The first kappa shape index (κ1) is 7.35. The highest BCUT2D eigenvalue weighted by Gasteiger charge is 2.53. The Morgan fingerprint density at radius 1 is 1.45 bits per heavy atom. The van der Waals surface area contributed by atoms with Crippen LogP contribution in [0.4, 0.5) is 0 Å². The fraction of sp³-hybridized carbons (Fsp3) is 0.800. The highest BCUT2D eigenvalue weighted by atomic mass is 14.8. The van der Waals surface area contributed by atoms with E-state index in [4.69, 9.17) is 5.73 Å². The fourth-order valence-corrected chi connectivity index (χ4v) is 2.99. The van der Waals surface area contributed by atoms with Gasteiger partial charge < -0.3 is 5.73 Å². The van der Waals surface area contributed by atoms with E-state index in [2.05, 4.69) is 20.4 Å². The van der Waals surface area contributed by atoms with E-state index in [9.17, 15) is 0 Å². The van der Waals surface area contributed by atoms with Crippen molar-refractivity contribution < 1.29 is 0 Å². The first-order valence-corrected chi connectivity index (χ1v) is 4.50. The van der Waals surface area contributed by atoms with Gasteiger partial charge in [-0.1, -0.05) is 26.0 Å². The topological polar surface area (TPSA) is 26.0 Å². The maximum atomic E-state index is 6.09. The van der Waals surface area contributed by atoms with Gasteiger partial charge in [-0.2, -0.15) is 0 Å². The Morgan fingerprint density at radius 3 is 2.36 bits per heavy atom. The van der Waals surface area contributed by atoms with Gasteiger partial charge in [-0.25, -0.2) is 0 Å². The summed E-state index contributed by atoms with van der Waals surface area (Å²) in [7, 11) is 0. The molecule has 0 aromatic heterocycles. The molecular weight excluding hydrogens is 134 g/mol. The lowest BCUT2D eigenvalue weighted by atomic mass is 9.73. The van der Waals surface area contributed by atoms with Crippen LogP contribution in [0.2, 0.25) is 0 Å². The predicted molar refractivity (Wildman–Crippen MR) is 47.1 cm³/mol. The molecule has 2 rings (SSSR count). The summed E-state index contributed by atoms with van der Waals surface area (Å²) in [4.78, 5) is 0. The highest BCUT2D eigenvalue weighted by molar-refractivity contribution is 5.27. The molecule has 62 valence electrons. The minimum absolute atomic E-state index is 0.322. The summed E-state index contributed by atoms with van der Waals surface area (Å²) in [5.41, 5.74) is 7.82. The zero-order valence-electron chi connectivity index (χ0n) is 7.43. The van der Waals surface area contributed by atoms with Crippen LogP contribution in [0.5, 0.6) is 0 Å². The maximum absolute atomic E-state index is 6.09. The Morgan fingerprint density at radius 2 is 2.09 bits per heavy atom. The molecule has 2 aliphatic rings. The molecule has 2 N–H and O–H groups in total. The summed E-state index contributed by atoms with van der Waals surface area (Å²) < 4.78 is 0. The molecule has 2 bridgehead atoms. The van der Waals surface area contributed by atoms with E-state index >= 15 is 0 Å². The van der Waals surface area contributed by atoms with Gasteiger partial charge in [-0.15, -0.1) is 0 Å². The van der Waals surface area contributed by atoms with E-state index in [1.807, 2.05) is 0 Å². The lowest BCUT2D eigenvalue weighted by molar-refractivity contribution is 0.277. The van der Waals surface area contributed by atoms with Crippen molar-refractivity contribution in [1.82, 2.24) is 0 Å². The van der Waals surface area contributed by atoms with Crippen LogP contribution in [0.1, 0.15) is 26.7 Å². The van der Waals surface area contributed by atoms with Crippen LogP contribution in [-0.2, 0) is 0 Å². The van der Waals surface area contributed by atoms with Crippen LogP contribution < -0.4 is 5.73 Å². The highest BCUT2D eigenvalue weighted by Crippen LogP contribution is 2.57. The minimum atomic E-state index is 0.322. The Labute approximate surface area is 68.7 Å².